The number of aliphatic hydroxyl groups excluding tert-OH is 1. The van der Waals surface area contributed by atoms with Crippen molar-refractivity contribution in [3.63, 3.8) is 0 Å². The van der Waals surface area contributed by atoms with Gasteiger partial charge in [0.05, 0.1) is 5.71 Å². The fourth-order valence-corrected chi connectivity index (χ4v) is 5.55. The van der Waals surface area contributed by atoms with Gasteiger partial charge in [-0.3, -0.25) is 5.32 Å². The Labute approximate surface area is 175 Å². The van der Waals surface area contributed by atoms with Crippen molar-refractivity contribution in [3.8, 4) is 0 Å². The maximum Gasteiger partial charge on any atom is 0.202 e. The number of hydrogen-bond donors (Lipinski definition) is 2. The van der Waals surface area contributed by atoms with Crippen LogP contribution in [0.4, 0.5) is 0 Å². The molecular weight excluding hydrogens is 355 g/mol. The Balaban J connectivity index is 1.51. The zero-order valence-corrected chi connectivity index (χ0v) is 17.3. The van der Waals surface area contributed by atoms with Crippen molar-refractivity contribution in [2.24, 2.45) is 16.8 Å². The Hall–Kier alpha value is -1.91. The van der Waals surface area contributed by atoms with Crippen molar-refractivity contribution in [2.45, 2.75) is 63.8 Å². The number of aliphatic hydroxyl groups is 1. The van der Waals surface area contributed by atoms with Gasteiger partial charge in [0.25, 0.3) is 0 Å². The molecule has 0 amide bonds. The molecule has 2 N–H and O–H groups in total. The van der Waals surface area contributed by atoms with Gasteiger partial charge in [0.1, 0.15) is 7.85 Å². The molecule has 3 nitrogen and oxygen atoms in total. The lowest BCUT2D eigenvalue weighted by Crippen LogP contribution is -2.44. The van der Waals surface area contributed by atoms with Gasteiger partial charge in [0.15, 0.2) is 0 Å². The number of nitrogens with one attached hydrogen (secondary N) is 1. The highest BCUT2D eigenvalue weighted by atomic mass is 16.3. The van der Waals surface area contributed by atoms with Gasteiger partial charge in [0, 0.05) is 12.0 Å². The molecule has 2 aromatic carbocycles. The maximum atomic E-state index is 10.5. The van der Waals surface area contributed by atoms with E-state index in [0.717, 1.165) is 35.5 Å². The van der Waals surface area contributed by atoms with Crippen LogP contribution in [0.5, 0.6) is 0 Å². The van der Waals surface area contributed by atoms with Gasteiger partial charge in [-0.2, -0.15) is 0 Å². The summed E-state index contributed by atoms with van der Waals surface area (Å²) in [4.78, 5) is 4.64. The predicted octanol–water partition coefficient (Wildman–Crippen LogP) is 3.92. The van der Waals surface area contributed by atoms with Crippen LogP contribution in [0.25, 0.3) is 0 Å². The van der Waals surface area contributed by atoms with E-state index in [1.807, 2.05) is 0 Å². The summed E-state index contributed by atoms with van der Waals surface area (Å²) in [7, 11) is 6.50. The van der Waals surface area contributed by atoms with Crippen molar-refractivity contribution < 1.29 is 5.11 Å². The molecule has 29 heavy (non-hydrogen) atoms. The Kier molecular flexibility index (Phi) is 4.88. The van der Waals surface area contributed by atoms with E-state index in [1.165, 1.54) is 29.5 Å². The Morgan fingerprint density at radius 2 is 1.93 bits per heavy atom. The van der Waals surface area contributed by atoms with Crippen LogP contribution in [0.1, 0.15) is 79.7 Å². The van der Waals surface area contributed by atoms with Crippen LogP contribution >= 0.6 is 0 Å². The lowest BCUT2D eigenvalue weighted by atomic mass is 9.79. The first kappa shape index (κ1) is 19.1. The van der Waals surface area contributed by atoms with Gasteiger partial charge < -0.3 is 5.11 Å². The van der Waals surface area contributed by atoms with E-state index in [4.69, 9.17) is 7.85 Å². The molecule has 0 spiro atoms. The number of nitrogens with zero attached hydrogens (tertiary/aromatic N) is 1. The quantitative estimate of drug-likeness (QED) is 0.788. The summed E-state index contributed by atoms with van der Waals surface area (Å²) in [5.74, 6) is 2.14. The third kappa shape index (κ3) is 3.37. The fourth-order valence-electron chi connectivity index (χ4n) is 5.55. The lowest BCUT2D eigenvalue weighted by molar-refractivity contribution is 0.111. The second kappa shape index (κ2) is 7.41. The minimum absolute atomic E-state index is 0.0216. The number of hydrogen-bond acceptors (Lipinski definition) is 3. The van der Waals surface area contributed by atoms with Gasteiger partial charge >= 0.3 is 0 Å². The van der Waals surface area contributed by atoms with Crippen LogP contribution in [-0.4, -0.2) is 25.0 Å². The molecule has 4 heteroatoms. The second-order valence-corrected chi connectivity index (χ2v) is 9.10. The second-order valence-electron chi connectivity index (χ2n) is 9.10. The van der Waals surface area contributed by atoms with Gasteiger partial charge in [-0.15, -0.1) is 0 Å². The van der Waals surface area contributed by atoms with Gasteiger partial charge in [-0.25, -0.2) is 4.99 Å². The minimum atomic E-state index is -0.887. The van der Waals surface area contributed by atoms with Crippen LogP contribution in [0.3, 0.4) is 0 Å². The molecule has 148 valence electrons. The Morgan fingerprint density at radius 1 is 1.10 bits per heavy atom. The topological polar surface area (TPSA) is 44.6 Å². The number of aliphatic imine (C=N–C) groups is 1. The van der Waals surface area contributed by atoms with Crippen LogP contribution < -0.4 is 10.8 Å². The average Bonchev–Trinajstić information content (AvgIpc) is 3.52. The van der Waals surface area contributed by atoms with Crippen molar-refractivity contribution in [1.29, 1.82) is 0 Å². The van der Waals surface area contributed by atoms with Crippen LogP contribution in [0, 0.1) is 11.8 Å². The highest BCUT2D eigenvalue weighted by Crippen LogP contribution is 2.49. The molecule has 1 saturated carbocycles. The minimum Gasteiger partial charge on any atom is -0.360 e. The molecule has 1 heterocycles. The van der Waals surface area contributed by atoms with Crippen molar-refractivity contribution in [2.75, 3.05) is 0 Å². The molecule has 0 bridgehead atoms. The Bertz CT molecular complexity index is 956. The summed E-state index contributed by atoms with van der Waals surface area (Å²) >= 11 is 0. The normalized spacial score (nSPS) is 33.3. The summed E-state index contributed by atoms with van der Waals surface area (Å²) in [6, 6.07) is 15.1. The van der Waals surface area contributed by atoms with E-state index in [9.17, 15) is 5.11 Å². The van der Waals surface area contributed by atoms with Gasteiger partial charge in [0.2, 0.25) is 6.35 Å². The molecule has 1 aliphatic heterocycles. The van der Waals surface area contributed by atoms with Crippen LogP contribution in [-0.2, 0) is 0 Å². The summed E-state index contributed by atoms with van der Waals surface area (Å²) in [5, 5.41) is 13.9. The number of benzene rings is 2. The third-order valence-corrected chi connectivity index (χ3v) is 7.34. The summed E-state index contributed by atoms with van der Waals surface area (Å²) in [5.41, 5.74) is 6.93. The third-order valence-electron chi connectivity index (χ3n) is 7.34. The smallest absolute Gasteiger partial charge is 0.202 e. The molecule has 6 unspecified atom stereocenters. The summed E-state index contributed by atoms with van der Waals surface area (Å²) < 4.78 is 0. The highest BCUT2D eigenvalue weighted by molar-refractivity contribution is 6.33. The summed E-state index contributed by atoms with van der Waals surface area (Å²) in [6.07, 6.45) is 3.75. The Morgan fingerprint density at radius 3 is 2.69 bits per heavy atom. The van der Waals surface area contributed by atoms with Crippen LogP contribution in [0.15, 0.2) is 47.5 Å². The fraction of sp³-hybridized carbons (Fsp3) is 0.480. The molecule has 2 aromatic rings. The zero-order chi connectivity index (χ0) is 20.1. The molecule has 5 rings (SSSR count). The van der Waals surface area contributed by atoms with Crippen LogP contribution in [0.2, 0.25) is 0 Å². The van der Waals surface area contributed by atoms with E-state index in [0.29, 0.717) is 11.8 Å². The molecular formula is C25H29BN2O. The highest BCUT2D eigenvalue weighted by Gasteiger charge is 2.39. The number of rotatable bonds is 3. The first-order chi connectivity index (χ1) is 14.1. The molecule has 3 aliphatic rings. The molecule has 0 aromatic heterocycles. The van der Waals surface area contributed by atoms with Gasteiger partial charge in [-0.1, -0.05) is 73.8 Å². The first-order valence-corrected chi connectivity index (χ1v) is 11.1. The van der Waals surface area contributed by atoms with Crippen molar-refractivity contribution in [3.05, 3.63) is 64.7 Å². The SMILES string of the molecule is [B]c1cc(C2NC(O)N=C3c4ccccc4C(C)CCC32)ccc1C1CC1CC. The largest absolute Gasteiger partial charge is 0.360 e. The molecule has 6 atom stereocenters. The van der Waals surface area contributed by atoms with Crippen molar-refractivity contribution >= 4 is 19.0 Å². The van der Waals surface area contributed by atoms with Gasteiger partial charge in [-0.05, 0) is 53.7 Å². The van der Waals surface area contributed by atoms with E-state index in [1.54, 1.807) is 0 Å². The standard InChI is InChI=1S/C25H29BN2O/c1-3-15-12-21(15)18-11-9-16(13-22(18)26)23-20-10-8-14(2)17-6-4-5-7-19(17)24(20)28-25(29)27-23/h4-7,9,11,13-15,20-21,23,25,27,29H,3,8,10,12H2,1-2H3. The monoisotopic (exact) mass is 384 g/mol. The first-order valence-electron chi connectivity index (χ1n) is 11.1. The predicted molar refractivity (Wildman–Crippen MR) is 119 cm³/mol. The number of fused-ring (bicyclic) bond motifs is 3. The average molecular weight is 384 g/mol. The van der Waals surface area contributed by atoms with E-state index >= 15 is 0 Å². The zero-order valence-electron chi connectivity index (χ0n) is 17.3. The molecule has 0 saturated heterocycles. The lowest BCUT2D eigenvalue weighted by Gasteiger charge is -2.35. The van der Waals surface area contributed by atoms with E-state index in [2.05, 4.69) is 66.6 Å². The van der Waals surface area contributed by atoms with E-state index < -0.39 is 6.35 Å². The summed E-state index contributed by atoms with van der Waals surface area (Å²) in [6.45, 7) is 4.55. The molecule has 1 fully saturated rings. The molecule has 2 radical (unpaired) electrons. The van der Waals surface area contributed by atoms with E-state index in [-0.39, 0.29) is 12.0 Å². The maximum absolute atomic E-state index is 10.5. The van der Waals surface area contributed by atoms with Crippen molar-refractivity contribution in [1.82, 2.24) is 5.32 Å². The molecule has 2 aliphatic carbocycles.